The molecule has 0 aliphatic rings. The lowest BCUT2D eigenvalue weighted by atomic mass is 10.0. The van der Waals surface area contributed by atoms with Gasteiger partial charge < -0.3 is 0 Å². The van der Waals surface area contributed by atoms with Gasteiger partial charge in [0.1, 0.15) is 0 Å². The maximum atomic E-state index is 12.6. The molecule has 24 heavy (non-hydrogen) atoms. The first-order valence-electron chi connectivity index (χ1n) is 8.07. The summed E-state index contributed by atoms with van der Waals surface area (Å²) in [6.45, 7) is 6.20. The molecular weight excluding hydrogens is 298 g/mol. The molecule has 0 unspecified atom stereocenters. The average molecular weight is 319 g/mol. The Bertz CT molecular complexity index is 900. The fourth-order valence-electron chi connectivity index (χ4n) is 2.55. The number of hydrogen-bond acceptors (Lipinski definition) is 2. The van der Waals surface area contributed by atoms with Gasteiger partial charge in [-0.3, -0.25) is 14.9 Å². The van der Waals surface area contributed by atoms with Crippen molar-refractivity contribution in [2.45, 2.75) is 26.7 Å². The minimum atomic E-state index is -0.0961. The van der Waals surface area contributed by atoms with E-state index in [9.17, 15) is 4.79 Å². The molecule has 122 valence electrons. The lowest BCUT2D eigenvalue weighted by molar-refractivity contribution is 0.835. The molecule has 0 radical (unpaired) electrons. The van der Waals surface area contributed by atoms with E-state index in [1.807, 2.05) is 49.4 Å². The van der Waals surface area contributed by atoms with Crippen molar-refractivity contribution in [3.05, 3.63) is 81.8 Å². The van der Waals surface area contributed by atoms with E-state index in [1.54, 1.807) is 10.9 Å². The number of aromatic nitrogens is 2. The Kier molecular flexibility index (Phi) is 4.47. The summed E-state index contributed by atoms with van der Waals surface area (Å²) in [5.74, 6) is 0.494. The number of benzene rings is 2. The Morgan fingerprint density at radius 2 is 1.71 bits per heavy atom. The van der Waals surface area contributed by atoms with Gasteiger partial charge >= 0.3 is 0 Å². The molecule has 0 aliphatic heterocycles. The number of nitrogens with zero attached hydrogens (tertiary/aromatic N) is 2. The molecule has 1 heterocycles. The van der Waals surface area contributed by atoms with Gasteiger partial charge in [-0.1, -0.05) is 44.2 Å². The largest absolute Gasteiger partial charge is 0.295 e. The normalized spacial score (nSPS) is 11.5. The van der Waals surface area contributed by atoms with Crippen molar-refractivity contribution in [1.82, 2.24) is 9.78 Å². The third-order valence-corrected chi connectivity index (χ3v) is 4.03. The van der Waals surface area contributed by atoms with E-state index < -0.39 is 0 Å². The van der Waals surface area contributed by atoms with Crippen molar-refractivity contribution in [2.75, 3.05) is 0 Å². The molecule has 3 aromatic rings. The van der Waals surface area contributed by atoms with Crippen molar-refractivity contribution in [1.29, 1.82) is 0 Å². The number of rotatable bonds is 4. The zero-order valence-electron chi connectivity index (χ0n) is 14.2. The summed E-state index contributed by atoms with van der Waals surface area (Å²) in [4.78, 5) is 17.0. The van der Waals surface area contributed by atoms with Crippen molar-refractivity contribution < 1.29 is 0 Å². The van der Waals surface area contributed by atoms with Crippen LogP contribution in [0.1, 0.15) is 36.6 Å². The molecule has 0 saturated carbocycles. The molecular formula is C20H21N3O. The zero-order valence-corrected chi connectivity index (χ0v) is 14.2. The predicted octanol–water partition coefficient (Wildman–Crippen LogP) is 4.35. The number of aromatic amines is 1. The fraction of sp³-hybridized carbons (Fsp3) is 0.200. The molecule has 1 aromatic heterocycles. The van der Waals surface area contributed by atoms with Gasteiger partial charge in [0, 0.05) is 11.9 Å². The van der Waals surface area contributed by atoms with E-state index in [1.165, 1.54) is 5.56 Å². The van der Waals surface area contributed by atoms with Crippen LogP contribution in [0.25, 0.3) is 5.69 Å². The van der Waals surface area contributed by atoms with E-state index in [-0.39, 0.29) is 5.56 Å². The maximum Gasteiger partial charge on any atom is 0.280 e. The molecule has 1 N–H and O–H groups in total. The number of hydrogen-bond donors (Lipinski definition) is 1. The summed E-state index contributed by atoms with van der Waals surface area (Å²) >= 11 is 0. The van der Waals surface area contributed by atoms with Crippen LogP contribution in [0.4, 0.5) is 5.69 Å². The quantitative estimate of drug-likeness (QED) is 0.714. The SMILES string of the molecule is Cc1[nH]n(-c2ccccc2)c(=O)c1C=Nc1ccc(C(C)C)cc1. The number of H-pyrrole nitrogens is 1. The number of aliphatic imine (C=N–C) groups is 1. The highest BCUT2D eigenvalue weighted by Gasteiger charge is 2.10. The molecule has 2 aromatic carbocycles. The van der Waals surface area contributed by atoms with Crippen LogP contribution < -0.4 is 5.56 Å². The minimum Gasteiger partial charge on any atom is -0.295 e. The Hall–Kier alpha value is -2.88. The van der Waals surface area contributed by atoms with Crippen molar-refractivity contribution in [3.63, 3.8) is 0 Å². The smallest absolute Gasteiger partial charge is 0.280 e. The summed E-state index contributed by atoms with van der Waals surface area (Å²) in [5.41, 5.74) is 4.20. The summed E-state index contributed by atoms with van der Waals surface area (Å²) in [7, 11) is 0. The molecule has 0 atom stereocenters. The van der Waals surface area contributed by atoms with Crippen LogP contribution in [0, 0.1) is 6.92 Å². The first-order chi connectivity index (χ1) is 11.6. The fourth-order valence-corrected chi connectivity index (χ4v) is 2.55. The molecule has 0 amide bonds. The van der Waals surface area contributed by atoms with Crippen LogP contribution in [0.5, 0.6) is 0 Å². The van der Waals surface area contributed by atoms with Crippen molar-refractivity contribution in [2.24, 2.45) is 4.99 Å². The van der Waals surface area contributed by atoms with Crippen LogP contribution in [0.15, 0.2) is 64.4 Å². The maximum absolute atomic E-state index is 12.6. The van der Waals surface area contributed by atoms with E-state index >= 15 is 0 Å². The second kappa shape index (κ2) is 6.71. The van der Waals surface area contributed by atoms with Gasteiger partial charge in [-0.05, 0) is 42.7 Å². The topological polar surface area (TPSA) is 50.1 Å². The molecule has 0 bridgehead atoms. The van der Waals surface area contributed by atoms with Gasteiger partial charge in [0.2, 0.25) is 0 Å². The van der Waals surface area contributed by atoms with Crippen molar-refractivity contribution in [3.8, 4) is 5.69 Å². The number of para-hydroxylation sites is 1. The zero-order chi connectivity index (χ0) is 17.1. The molecule has 4 nitrogen and oxygen atoms in total. The van der Waals surface area contributed by atoms with E-state index in [0.717, 1.165) is 17.1 Å². The van der Waals surface area contributed by atoms with Gasteiger partial charge in [0.25, 0.3) is 5.56 Å². The lowest BCUT2D eigenvalue weighted by Gasteiger charge is -2.04. The van der Waals surface area contributed by atoms with E-state index in [0.29, 0.717) is 11.5 Å². The van der Waals surface area contributed by atoms with E-state index in [4.69, 9.17) is 0 Å². The van der Waals surface area contributed by atoms with E-state index in [2.05, 4.69) is 36.1 Å². The molecule has 0 aliphatic carbocycles. The predicted molar refractivity (Wildman–Crippen MR) is 98.9 cm³/mol. The Labute approximate surface area is 141 Å². The second-order valence-corrected chi connectivity index (χ2v) is 6.13. The molecule has 0 saturated heterocycles. The Morgan fingerprint density at radius 1 is 1.04 bits per heavy atom. The number of nitrogens with one attached hydrogen (secondary N) is 1. The van der Waals surface area contributed by atoms with Crippen molar-refractivity contribution >= 4 is 11.9 Å². The van der Waals surface area contributed by atoms with Crippen LogP contribution in [-0.2, 0) is 0 Å². The van der Waals surface area contributed by atoms with Gasteiger partial charge in [-0.15, -0.1) is 0 Å². The van der Waals surface area contributed by atoms with Crippen LogP contribution >= 0.6 is 0 Å². The van der Waals surface area contributed by atoms with Crippen LogP contribution in [0.2, 0.25) is 0 Å². The van der Waals surface area contributed by atoms with Gasteiger partial charge in [0.05, 0.1) is 16.9 Å². The summed E-state index contributed by atoms with van der Waals surface area (Å²) in [5, 5.41) is 3.10. The standard InChI is InChI=1S/C20H21N3O/c1-14(2)16-9-11-17(12-10-16)21-13-19-15(3)22-23(20(19)24)18-7-5-4-6-8-18/h4-14,22H,1-3H3. The summed E-state index contributed by atoms with van der Waals surface area (Å²) in [6, 6.07) is 17.6. The van der Waals surface area contributed by atoms with Gasteiger partial charge in [-0.2, -0.15) is 0 Å². The Balaban J connectivity index is 1.90. The second-order valence-electron chi connectivity index (χ2n) is 6.13. The molecule has 0 spiro atoms. The average Bonchev–Trinajstić information content (AvgIpc) is 2.88. The number of aryl methyl sites for hydroxylation is 1. The van der Waals surface area contributed by atoms with Crippen LogP contribution in [-0.4, -0.2) is 16.0 Å². The van der Waals surface area contributed by atoms with Crippen LogP contribution in [0.3, 0.4) is 0 Å². The molecule has 4 heteroatoms. The highest BCUT2D eigenvalue weighted by molar-refractivity contribution is 5.83. The minimum absolute atomic E-state index is 0.0961. The first-order valence-corrected chi connectivity index (χ1v) is 8.07. The third kappa shape index (κ3) is 3.23. The summed E-state index contributed by atoms with van der Waals surface area (Å²) in [6.07, 6.45) is 1.64. The third-order valence-electron chi connectivity index (χ3n) is 4.03. The van der Waals surface area contributed by atoms with Gasteiger partial charge in [0.15, 0.2) is 0 Å². The lowest BCUT2D eigenvalue weighted by Crippen LogP contribution is -2.17. The Morgan fingerprint density at radius 3 is 2.33 bits per heavy atom. The molecule has 3 rings (SSSR count). The summed E-state index contributed by atoms with van der Waals surface area (Å²) < 4.78 is 1.54. The highest BCUT2D eigenvalue weighted by atomic mass is 16.1. The highest BCUT2D eigenvalue weighted by Crippen LogP contribution is 2.19. The first kappa shape index (κ1) is 16.0. The monoisotopic (exact) mass is 319 g/mol. The molecule has 0 fully saturated rings. The van der Waals surface area contributed by atoms with Gasteiger partial charge in [-0.25, -0.2) is 4.68 Å².